The first-order valence-electron chi connectivity index (χ1n) is 6.45. The molecule has 2 aromatic rings. The lowest BCUT2D eigenvalue weighted by molar-refractivity contribution is -0.384. The van der Waals surface area contributed by atoms with E-state index in [1.807, 2.05) is 0 Å². The van der Waals surface area contributed by atoms with E-state index in [1.165, 1.54) is 30.3 Å². The zero-order valence-corrected chi connectivity index (χ0v) is 12.2. The summed E-state index contributed by atoms with van der Waals surface area (Å²) in [5.74, 6) is -1.35. The van der Waals surface area contributed by atoms with E-state index >= 15 is 0 Å². The van der Waals surface area contributed by atoms with Crippen molar-refractivity contribution in [2.75, 3.05) is 7.11 Å². The molecule has 9 heteroatoms. The van der Waals surface area contributed by atoms with Crippen molar-refractivity contribution in [3.8, 4) is 16.9 Å². The highest BCUT2D eigenvalue weighted by Crippen LogP contribution is 2.34. The van der Waals surface area contributed by atoms with Crippen molar-refractivity contribution in [3.05, 3.63) is 58.1 Å². The highest BCUT2D eigenvalue weighted by molar-refractivity contribution is 5.97. The van der Waals surface area contributed by atoms with Crippen molar-refractivity contribution in [2.24, 2.45) is 0 Å². The maximum Gasteiger partial charge on any atom is 0.573 e. The van der Waals surface area contributed by atoms with Crippen LogP contribution in [-0.4, -0.2) is 24.4 Å². The maximum atomic E-state index is 12.2. The van der Waals surface area contributed by atoms with Crippen LogP contribution >= 0.6 is 0 Å². The summed E-state index contributed by atoms with van der Waals surface area (Å²) in [6, 6.07) is 8.52. The number of rotatable bonds is 4. The van der Waals surface area contributed by atoms with E-state index in [-0.39, 0.29) is 16.7 Å². The van der Waals surface area contributed by atoms with Crippen molar-refractivity contribution in [3.63, 3.8) is 0 Å². The summed E-state index contributed by atoms with van der Waals surface area (Å²) in [7, 11) is 1.09. The van der Waals surface area contributed by atoms with Crippen molar-refractivity contribution < 1.29 is 32.4 Å². The summed E-state index contributed by atoms with van der Waals surface area (Å²) in [5, 5.41) is 11.3. The second kappa shape index (κ2) is 6.57. The highest BCUT2D eigenvalue weighted by Gasteiger charge is 2.31. The summed E-state index contributed by atoms with van der Waals surface area (Å²) >= 11 is 0. The lowest BCUT2D eigenvalue weighted by Crippen LogP contribution is -2.16. The summed E-state index contributed by atoms with van der Waals surface area (Å²) in [5.41, 5.74) is -0.423. The van der Waals surface area contributed by atoms with Crippen LogP contribution in [-0.2, 0) is 4.74 Å². The first kappa shape index (κ1) is 17.3. The number of carbonyl (C=O) groups is 1. The molecular weight excluding hydrogens is 331 g/mol. The van der Waals surface area contributed by atoms with Crippen LogP contribution in [0, 0.1) is 10.1 Å². The fraction of sp³-hybridized carbons (Fsp3) is 0.133. The predicted molar refractivity (Wildman–Crippen MR) is 76.6 cm³/mol. The van der Waals surface area contributed by atoms with Crippen molar-refractivity contribution >= 4 is 11.7 Å². The molecule has 0 radical (unpaired) electrons. The van der Waals surface area contributed by atoms with Gasteiger partial charge in [-0.15, -0.1) is 13.2 Å². The minimum atomic E-state index is -4.84. The van der Waals surface area contributed by atoms with Gasteiger partial charge < -0.3 is 9.47 Å². The Hall–Kier alpha value is -3.10. The number of benzene rings is 2. The summed E-state index contributed by atoms with van der Waals surface area (Å²) in [4.78, 5) is 22.2. The number of para-hydroxylation sites is 1. The molecule has 0 bridgehead atoms. The van der Waals surface area contributed by atoms with Crippen molar-refractivity contribution in [1.29, 1.82) is 0 Å². The first-order chi connectivity index (χ1) is 11.2. The molecule has 0 atom stereocenters. The third-order valence-corrected chi connectivity index (χ3v) is 3.02. The van der Waals surface area contributed by atoms with Gasteiger partial charge in [-0.25, -0.2) is 4.79 Å². The molecule has 0 fully saturated rings. The van der Waals surface area contributed by atoms with Gasteiger partial charge in [-0.05, 0) is 29.8 Å². The molecule has 126 valence electrons. The molecule has 0 amide bonds. The molecule has 0 saturated heterocycles. The van der Waals surface area contributed by atoms with Crippen LogP contribution in [0.1, 0.15) is 10.4 Å². The van der Waals surface area contributed by atoms with E-state index in [0.717, 1.165) is 19.2 Å². The van der Waals surface area contributed by atoms with Crippen LogP contribution in [0.3, 0.4) is 0 Å². The van der Waals surface area contributed by atoms with E-state index in [1.54, 1.807) is 0 Å². The number of ether oxygens (including phenoxy) is 2. The topological polar surface area (TPSA) is 78.7 Å². The summed E-state index contributed by atoms with van der Waals surface area (Å²) < 4.78 is 44.7. The number of nitrogens with zero attached hydrogens (tertiary/aromatic N) is 1. The SMILES string of the molecule is COC(=O)c1cccc(-c2ccc(OC(F)(F)F)cc2)c1[N+](=O)[O-]. The Bertz CT molecular complexity index is 772. The number of hydrogen-bond acceptors (Lipinski definition) is 5. The van der Waals surface area contributed by atoms with Gasteiger partial charge in [-0.1, -0.05) is 18.2 Å². The molecule has 6 nitrogen and oxygen atoms in total. The average molecular weight is 341 g/mol. The second-order valence-corrected chi connectivity index (χ2v) is 4.52. The monoisotopic (exact) mass is 341 g/mol. The molecule has 0 N–H and O–H groups in total. The van der Waals surface area contributed by atoms with Gasteiger partial charge in [0.1, 0.15) is 11.3 Å². The number of nitro benzene ring substituents is 1. The van der Waals surface area contributed by atoms with E-state index in [4.69, 9.17) is 0 Å². The Morgan fingerprint density at radius 1 is 1.12 bits per heavy atom. The minimum Gasteiger partial charge on any atom is -0.465 e. The van der Waals surface area contributed by atoms with E-state index in [0.29, 0.717) is 0 Å². The number of carbonyl (C=O) groups excluding carboxylic acids is 1. The smallest absolute Gasteiger partial charge is 0.465 e. The molecule has 0 unspecified atom stereocenters. The van der Waals surface area contributed by atoms with Crippen molar-refractivity contribution in [2.45, 2.75) is 6.36 Å². The minimum absolute atomic E-state index is 0.0708. The Kier molecular flexibility index (Phi) is 4.72. The Morgan fingerprint density at radius 2 is 1.75 bits per heavy atom. The van der Waals surface area contributed by atoms with E-state index in [2.05, 4.69) is 9.47 Å². The van der Waals surface area contributed by atoms with Crippen LogP contribution in [0.5, 0.6) is 5.75 Å². The summed E-state index contributed by atoms with van der Waals surface area (Å²) in [6.45, 7) is 0. The normalized spacial score (nSPS) is 11.0. The zero-order valence-electron chi connectivity index (χ0n) is 12.2. The number of nitro groups is 1. The van der Waals surface area contributed by atoms with Crippen molar-refractivity contribution in [1.82, 2.24) is 0 Å². The number of alkyl halides is 3. The Balaban J connectivity index is 2.49. The number of hydrogen-bond donors (Lipinski definition) is 0. The van der Waals surface area contributed by atoms with Gasteiger partial charge in [0.25, 0.3) is 5.69 Å². The molecule has 2 aromatic carbocycles. The second-order valence-electron chi connectivity index (χ2n) is 4.52. The lowest BCUT2D eigenvalue weighted by Gasteiger charge is -2.10. The van der Waals surface area contributed by atoms with Crippen LogP contribution in [0.4, 0.5) is 18.9 Å². The number of methoxy groups -OCH3 is 1. The summed E-state index contributed by atoms with van der Waals surface area (Å²) in [6.07, 6.45) is -4.84. The standard InChI is InChI=1S/C15H10F3NO5/c1-23-14(20)12-4-2-3-11(13(12)19(21)22)9-5-7-10(8-6-9)24-15(16,17)18/h2-8H,1H3. The van der Waals surface area contributed by atoms with Crippen LogP contribution < -0.4 is 4.74 Å². The quantitative estimate of drug-likeness (QED) is 0.478. The molecule has 0 heterocycles. The van der Waals surface area contributed by atoms with Gasteiger partial charge in [0, 0.05) is 0 Å². The van der Waals surface area contributed by atoms with Gasteiger partial charge in [0.15, 0.2) is 0 Å². The molecule has 0 saturated carbocycles. The number of halogens is 3. The van der Waals surface area contributed by atoms with Gasteiger partial charge >= 0.3 is 12.3 Å². The van der Waals surface area contributed by atoms with E-state index < -0.39 is 28.7 Å². The van der Waals surface area contributed by atoms with E-state index in [9.17, 15) is 28.1 Å². The zero-order chi connectivity index (χ0) is 17.9. The van der Waals surface area contributed by atoms with Crippen LogP contribution in [0.25, 0.3) is 11.1 Å². The first-order valence-corrected chi connectivity index (χ1v) is 6.45. The van der Waals surface area contributed by atoms with Gasteiger partial charge in [0.2, 0.25) is 0 Å². The van der Waals surface area contributed by atoms with Gasteiger partial charge in [0.05, 0.1) is 17.6 Å². The fourth-order valence-electron chi connectivity index (χ4n) is 2.08. The number of esters is 1. The largest absolute Gasteiger partial charge is 0.573 e. The molecule has 0 aliphatic carbocycles. The third kappa shape index (κ3) is 3.80. The third-order valence-electron chi connectivity index (χ3n) is 3.02. The molecule has 0 aliphatic heterocycles. The van der Waals surface area contributed by atoms with Crippen LogP contribution in [0.2, 0.25) is 0 Å². The molecular formula is C15H10F3NO5. The molecule has 24 heavy (non-hydrogen) atoms. The lowest BCUT2D eigenvalue weighted by atomic mass is 10.00. The molecule has 2 rings (SSSR count). The molecule has 0 aliphatic rings. The van der Waals surface area contributed by atoms with Crippen LogP contribution in [0.15, 0.2) is 42.5 Å². The fourth-order valence-corrected chi connectivity index (χ4v) is 2.08. The van der Waals surface area contributed by atoms with Gasteiger partial charge in [-0.2, -0.15) is 0 Å². The Labute approximate surface area is 133 Å². The average Bonchev–Trinajstić information content (AvgIpc) is 2.52. The Morgan fingerprint density at radius 3 is 2.25 bits per heavy atom. The molecule has 0 spiro atoms. The molecule has 0 aromatic heterocycles. The maximum absolute atomic E-state index is 12.2. The highest BCUT2D eigenvalue weighted by atomic mass is 19.4. The predicted octanol–water partition coefficient (Wildman–Crippen LogP) is 3.95. The van der Waals surface area contributed by atoms with Gasteiger partial charge in [-0.3, -0.25) is 10.1 Å².